The normalized spacial score (nSPS) is 11.5. The molecular weight excluding hydrogens is 401 g/mol. The molecule has 156 valence electrons. The quantitative estimate of drug-likeness (QED) is 0.647. The van der Waals surface area contributed by atoms with Crippen LogP contribution in [-0.2, 0) is 14.3 Å². The molecule has 29 heavy (non-hydrogen) atoms. The van der Waals surface area contributed by atoms with Gasteiger partial charge in [-0.3, -0.25) is 4.79 Å². The number of carbonyl (C=O) groups excluding carboxylic acids is 3. The number of rotatable bonds is 8. The van der Waals surface area contributed by atoms with E-state index in [0.717, 1.165) is 11.3 Å². The van der Waals surface area contributed by atoms with E-state index in [9.17, 15) is 18.8 Å². The van der Waals surface area contributed by atoms with Gasteiger partial charge < -0.3 is 19.5 Å². The van der Waals surface area contributed by atoms with Crippen molar-refractivity contribution >= 4 is 34.2 Å². The Bertz CT molecular complexity index is 910. The summed E-state index contributed by atoms with van der Waals surface area (Å²) in [7, 11) is 0. The van der Waals surface area contributed by atoms with E-state index >= 15 is 0 Å². The van der Waals surface area contributed by atoms with Gasteiger partial charge in [0.05, 0.1) is 18.8 Å². The van der Waals surface area contributed by atoms with E-state index < -0.39 is 29.8 Å². The standard InChI is InChI=1S/C20H22FNO6S/c1-5-26-19(24)15-11(3)16(20(25)27-6-2)29-18(15)22-17(23)12(4)28-14-10-8-7-9-13(14)21/h7-10,12H,5-6H2,1-4H3,(H,22,23)/t12-/m1/s1. The number of nitrogens with one attached hydrogen (secondary N) is 1. The zero-order valence-corrected chi connectivity index (χ0v) is 17.4. The Morgan fingerprint density at radius 3 is 2.34 bits per heavy atom. The molecule has 0 saturated carbocycles. The lowest BCUT2D eigenvalue weighted by molar-refractivity contribution is -0.122. The van der Waals surface area contributed by atoms with E-state index in [4.69, 9.17) is 14.2 Å². The molecular formula is C20H22FNO6S. The summed E-state index contributed by atoms with van der Waals surface area (Å²) in [5.74, 6) is -2.56. The molecule has 7 nitrogen and oxygen atoms in total. The van der Waals surface area contributed by atoms with Crippen molar-refractivity contribution in [2.24, 2.45) is 0 Å². The van der Waals surface area contributed by atoms with Crippen LogP contribution in [0.5, 0.6) is 5.75 Å². The minimum Gasteiger partial charge on any atom is -0.478 e. The first-order chi connectivity index (χ1) is 13.8. The molecule has 1 amide bonds. The Morgan fingerprint density at radius 1 is 1.10 bits per heavy atom. The van der Waals surface area contributed by atoms with Crippen LogP contribution >= 0.6 is 11.3 Å². The number of carbonyl (C=O) groups is 3. The van der Waals surface area contributed by atoms with E-state index in [2.05, 4.69) is 5.32 Å². The van der Waals surface area contributed by atoms with Crippen molar-refractivity contribution in [2.75, 3.05) is 18.5 Å². The number of hydrogen-bond acceptors (Lipinski definition) is 7. The minimum atomic E-state index is -1.06. The summed E-state index contributed by atoms with van der Waals surface area (Å²) in [4.78, 5) is 37.3. The molecule has 1 atom stereocenters. The molecule has 0 radical (unpaired) electrons. The second-order valence-corrected chi connectivity index (χ2v) is 6.90. The molecule has 1 heterocycles. The highest BCUT2D eigenvalue weighted by molar-refractivity contribution is 7.18. The van der Waals surface area contributed by atoms with Gasteiger partial charge in [-0.25, -0.2) is 14.0 Å². The molecule has 1 aromatic heterocycles. The van der Waals surface area contributed by atoms with Crippen molar-refractivity contribution in [3.05, 3.63) is 46.1 Å². The van der Waals surface area contributed by atoms with Crippen molar-refractivity contribution in [3.63, 3.8) is 0 Å². The first-order valence-electron chi connectivity index (χ1n) is 8.99. The highest BCUT2D eigenvalue weighted by atomic mass is 32.1. The summed E-state index contributed by atoms with van der Waals surface area (Å²) in [6.45, 7) is 6.62. The van der Waals surface area contributed by atoms with Crippen LogP contribution in [0, 0.1) is 12.7 Å². The fraction of sp³-hybridized carbons (Fsp3) is 0.350. The smallest absolute Gasteiger partial charge is 0.348 e. The van der Waals surface area contributed by atoms with Gasteiger partial charge in [0.2, 0.25) is 0 Å². The Balaban J connectivity index is 2.28. The summed E-state index contributed by atoms with van der Waals surface area (Å²) in [6, 6.07) is 5.70. The van der Waals surface area contributed by atoms with Crippen molar-refractivity contribution in [1.29, 1.82) is 0 Å². The molecule has 0 aliphatic heterocycles. The first kappa shape index (κ1) is 22.4. The topological polar surface area (TPSA) is 90.9 Å². The van der Waals surface area contributed by atoms with Crippen LogP contribution in [0.4, 0.5) is 9.39 Å². The van der Waals surface area contributed by atoms with Crippen LogP contribution in [-0.4, -0.2) is 37.2 Å². The first-order valence-corrected chi connectivity index (χ1v) is 9.81. The predicted molar refractivity (Wildman–Crippen MR) is 106 cm³/mol. The lowest BCUT2D eigenvalue weighted by atomic mass is 10.1. The van der Waals surface area contributed by atoms with Crippen LogP contribution < -0.4 is 10.1 Å². The largest absolute Gasteiger partial charge is 0.478 e. The van der Waals surface area contributed by atoms with Crippen LogP contribution in [0.3, 0.4) is 0 Å². The fourth-order valence-electron chi connectivity index (χ4n) is 2.44. The Kier molecular flexibility index (Phi) is 7.72. The second kappa shape index (κ2) is 10.0. The number of ether oxygens (including phenoxy) is 3. The molecule has 1 N–H and O–H groups in total. The van der Waals surface area contributed by atoms with Gasteiger partial charge in [0.25, 0.3) is 5.91 Å². The van der Waals surface area contributed by atoms with Gasteiger partial charge in [-0.1, -0.05) is 12.1 Å². The van der Waals surface area contributed by atoms with E-state index in [-0.39, 0.29) is 34.4 Å². The number of benzene rings is 1. The van der Waals surface area contributed by atoms with Crippen LogP contribution in [0.1, 0.15) is 46.4 Å². The molecule has 0 spiro atoms. The summed E-state index contributed by atoms with van der Waals surface area (Å²) in [5, 5.41) is 2.71. The Labute approximate surface area is 171 Å². The Morgan fingerprint density at radius 2 is 1.72 bits per heavy atom. The maximum Gasteiger partial charge on any atom is 0.348 e. The number of anilines is 1. The van der Waals surface area contributed by atoms with Crippen LogP contribution in [0.25, 0.3) is 0 Å². The summed E-state index contributed by atoms with van der Waals surface area (Å²) >= 11 is 0.907. The average molecular weight is 423 g/mol. The molecule has 0 unspecified atom stereocenters. The third kappa shape index (κ3) is 5.32. The van der Waals surface area contributed by atoms with Crippen molar-refractivity contribution in [2.45, 2.75) is 33.8 Å². The summed E-state index contributed by atoms with van der Waals surface area (Å²) < 4.78 is 29.1. The molecule has 0 aliphatic carbocycles. The van der Waals surface area contributed by atoms with E-state index in [1.165, 1.54) is 25.1 Å². The zero-order valence-electron chi connectivity index (χ0n) is 16.5. The number of amides is 1. The highest BCUT2D eigenvalue weighted by Gasteiger charge is 2.28. The minimum absolute atomic E-state index is 0.0738. The zero-order chi connectivity index (χ0) is 21.6. The highest BCUT2D eigenvalue weighted by Crippen LogP contribution is 2.34. The van der Waals surface area contributed by atoms with Gasteiger partial charge in [-0.15, -0.1) is 11.3 Å². The second-order valence-electron chi connectivity index (χ2n) is 5.88. The molecule has 2 rings (SSSR count). The third-order valence-corrected chi connectivity index (χ3v) is 5.02. The van der Waals surface area contributed by atoms with Gasteiger partial charge in [0, 0.05) is 0 Å². The number of halogens is 1. The summed E-state index contributed by atoms with van der Waals surface area (Å²) in [5.41, 5.74) is 0.427. The molecule has 2 aromatic rings. The van der Waals surface area contributed by atoms with Crippen molar-refractivity contribution in [3.8, 4) is 5.75 Å². The van der Waals surface area contributed by atoms with Crippen molar-refractivity contribution < 1.29 is 33.0 Å². The fourth-order valence-corrected chi connectivity index (χ4v) is 3.53. The van der Waals surface area contributed by atoms with Gasteiger partial charge in [-0.05, 0) is 45.4 Å². The van der Waals surface area contributed by atoms with Gasteiger partial charge in [0.1, 0.15) is 9.88 Å². The van der Waals surface area contributed by atoms with Gasteiger partial charge in [-0.2, -0.15) is 0 Å². The molecule has 0 fully saturated rings. The van der Waals surface area contributed by atoms with Gasteiger partial charge >= 0.3 is 11.9 Å². The number of thiophene rings is 1. The van der Waals surface area contributed by atoms with Crippen LogP contribution in [0.15, 0.2) is 24.3 Å². The van der Waals surface area contributed by atoms with Crippen LogP contribution in [0.2, 0.25) is 0 Å². The number of para-hydroxylation sites is 1. The van der Waals surface area contributed by atoms with E-state index in [1.54, 1.807) is 26.8 Å². The van der Waals surface area contributed by atoms with E-state index in [0.29, 0.717) is 5.56 Å². The predicted octanol–water partition coefficient (Wildman–Crippen LogP) is 3.96. The maximum absolute atomic E-state index is 13.7. The molecule has 9 heteroatoms. The lowest BCUT2D eigenvalue weighted by Crippen LogP contribution is -2.30. The molecule has 1 aromatic carbocycles. The number of hydrogen-bond donors (Lipinski definition) is 1. The summed E-state index contributed by atoms with van der Waals surface area (Å²) in [6.07, 6.45) is -1.06. The van der Waals surface area contributed by atoms with E-state index in [1.807, 2.05) is 0 Å². The lowest BCUT2D eigenvalue weighted by Gasteiger charge is -2.15. The Hall–Kier alpha value is -2.94. The maximum atomic E-state index is 13.7. The molecule has 0 bridgehead atoms. The SMILES string of the molecule is CCOC(=O)c1sc(NC(=O)[C@@H](C)Oc2ccccc2F)c(C(=O)OCC)c1C. The molecule has 0 aliphatic rings. The van der Waals surface area contributed by atoms with Gasteiger partial charge in [0.15, 0.2) is 17.7 Å². The average Bonchev–Trinajstić information content (AvgIpc) is 3.00. The third-order valence-electron chi connectivity index (χ3n) is 3.83. The number of esters is 2. The van der Waals surface area contributed by atoms with Crippen molar-refractivity contribution in [1.82, 2.24) is 0 Å². The molecule has 0 saturated heterocycles. The monoisotopic (exact) mass is 423 g/mol.